The molecule has 0 fully saturated rings. The van der Waals surface area contributed by atoms with Crippen LogP contribution in [0.15, 0.2) is 217 Å². The van der Waals surface area contributed by atoms with Gasteiger partial charge < -0.3 is 9.32 Å². The SMILES string of the molecule is CC1(C)c2ccccc2-c2c(-c3ccccc3N(c3cccc(-c4ccc5c(c4)oc4ccccc45)c3)c3ccc(-c4ccccc4)c(-c4ccccc4)c3)cccc21. The van der Waals surface area contributed by atoms with Crippen molar-refractivity contribution < 1.29 is 4.42 Å². The summed E-state index contributed by atoms with van der Waals surface area (Å²) in [5, 5.41) is 2.26. The van der Waals surface area contributed by atoms with Crippen LogP contribution in [0.2, 0.25) is 0 Å². The van der Waals surface area contributed by atoms with Crippen LogP contribution in [0.3, 0.4) is 0 Å². The third-order valence-corrected chi connectivity index (χ3v) is 12.3. The summed E-state index contributed by atoms with van der Waals surface area (Å²) in [4.78, 5) is 2.45. The standard InChI is InChI=1S/C57H41NO/c1-57(2)51-27-12-9-25-49(51)56-48(26-16-28-52(56)57)45-23-10-13-29-53(45)58(43-32-34-44(38-17-5-3-6-18-38)50(37-43)39-19-7-4-8-20-39)42-22-15-21-40(35-42)41-31-33-47-46-24-11-14-30-54(46)59-55(47)36-41/h3-37H,1-2H3. The first-order valence-electron chi connectivity index (χ1n) is 20.4. The van der Waals surface area contributed by atoms with Crippen molar-refractivity contribution in [2.75, 3.05) is 4.90 Å². The van der Waals surface area contributed by atoms with E-state index < -0.39 is 0 Å². The average Bonchev–Trinajstić information content (AvgIpc) is 3.79. The van der Waals surface area contributed by atoms with Crippen LogP contribution in [0.4, 0.5) is 17.1 Å². The number of fused-ring (bicyclic) bond motifs is 6. The lowest BCUT2D eigenvalue weighted by molar-refractivity contribution is 0.660. The average molecular weight is 756 g/mol. The Morgan fingerprint density at radius 1 is 0.356 bits per heavy atom. The van der Waals surface area contributed by atoms with E-state index in [1.165, 1.54) is 55.6 Å². The third kappa shape index (κ3) is 5.79. The number of hydrogen-bond donors (Lipinski definition) is 0. The third-order valence-electron chi connectivity index (χ3n) is 12.3. The molecule has 11 rings (SSSR count). The quantitative estimate of drug-likeness (QED) is 0.161. The van der Waals surface area contributed by atoms with E-state index in [1.54, 1.807) is 0 Å². The first kappa shape index (κ1) is 34.8. The van der Waals surface area contributed by atoms with Gasteiger partial charge in [0.2, 0.25) is 0 Å². The number of benzene rings is 9. The topological polar surface area (TPSA) is 16.4 Å². The van der Waals surface area contributed by atoms with Crippen molar-refractivity contribution in [3.63, 3.8) is 0 Å². The Balaban J connectivity index is 1.14. The van der Waals surface area contributed by atoms with Gasteiger partial charge in [-0.25, -0.2) is 0 Å². The van der Waals surface area contributed by atoms with E-state index in [0.29, 0.717) is 0 Å². The molecule has 1 aliphatic rings. The van der Waals surface area contributed by atoms with Crippen LogP contribution in [0.25, 0.3) is 77.6 Å². The maximum Gasteiger partial charge on any atom is 0.136 e. The molecule has 0 radical (unpaired) electrons. The van der Waals surface area contributed by atoms with Crippen LogP contribution in [-0.2, 0) is 5.41 Å². The molecule has 0 amide bonds. The second-order valence-electron chi connectivity index (χ2n) is 16.1. The molecule has 9 aromatic carbocycles. The van der Waals surface area contributed by atoms with E-state index in [0.717, 1.165) is 50.1 Å². The fourth-order valence-electron chi connectivity index (χ4n) is 9.43. The van der Waals surface area contributed by atoms with E-state index in [-0.39, 0.29) is 5.41 Å². The van der Waals surface area contributed by atoms with Crippen LogP contribution in [0.5, 0.6) is 0 Å². The Kier molecular flexibility index (Phi) is 8.20. The van der Waals surface area contributed by atoms with Crippen molar-refractivity contribution in [1.82, 2.24) is 0 Å². The lowest BCUT2D eigenvalue weighted by atomic mass is 9.82. The molecule has 0 saturated heterocycles. The summed E-state index contributed by atoms with van der Waals surface area (Å²) >= 11 is 0. The zero-order chi connectivity index (χ0) is 39.5. The number of para-hydroxylation sites is 2. The van der Waals surface area contributed by atoms with Gasteiger partial charge in [-0.1, -0.05) is 178 Å². The number of anilines is 3. The molecule has 10 aromatic rings. The van der Waals surface area contributed by atoms with Crippen molar-refractivity contribution in [2.24, 2.45) is 0 Å². The van der Waals surface area contributed by atoms with Gasteiger partial charge in [0.05, 0.1) is 5.69 Å². The van der Waals surface area contributed by atoms with E-state index in [4.69, 9.17) is 4.42 Å². The number of rotatable bonds is 7. The Bertz CT molecular complexity index is 3190. The Hall–Kier alpha value is -7.42. The number of nitrogens with zero attached hydrogens (tertiary/aromatic N) is 1. The van der Waals surface area contributed by atoms with Crippen molar-refractivity contribution in [3.8, 4) is 55.6 Å². The van der Waals surface area contributed by atoms with E-state index in [1.807, 2.05) is 12.1 Å². The monoisotopic (exact) mass is 755 g/mol. The predicted octanol–water partition coefficient (Wildman–Crippen LogP) is 16.0. The van der Waals surface area contributed by atoms with Crippen molar-refractivity contribution in [2.45, 2.75) is 19.3 Å². The first-order chi connectivity index (χ1) is 29.0. The molecule has 0 N–H and O–H groups in total. The van der Waals surface area contributed by atoms with Gasteiger partial charge in [-0.05, 0) is 110 Å². The molecule has 280 valence electrons. The molecule has 2 heteroatoms. The summed E-state index contributed by atoms with van der Waals surface area (Å²) in [6.07, 6.45) is 0. The maximum atomic E-state index is 6.36. The van der Waals surface area contributed by atoms with Gasteiger partial charge in [-0.15, -0.1) is 0 Å². The van der Waals surface area contributed by atoms with Gasteiger partial charge >= 0.3 is 0 Å². The Morgan fingerprint density at radius 2 is 0.949 bits per heavy atom. The van der Waals surface area contributed by atoms with Gasteiger partial charge in [0.25, 0.3) is 0 Å². The minimum absolute atomic E-state index is 0.107. The fraction of sp³-hybridized carbons (Fsp3) is 0.0526. The van der Waals surface area contributed by atoms with Crippen molar-refractivity contribution in [1.29, 1.82) is 0 Å². The maximum absolute atomic E-state index is 6.36. The molecule has 2 nitrogen and oxygen atoms in total. The van der Waals surface area contributed by atoms with E-state index in [9.17, 15) is 0 Å². The number of furan rings is 1. The molecule has 0 saturated carbocycles. The predicted molar refractivity (Wildman–Crippen MR) is 248 cm³/mol. The zero-order valence-corrected chi connectivity index (χ0v) is 33.1. The van der Waals surface area contributed by atoms with Gasteiger partial charge in [-0.3, -0.25) is 0 Å². The van der Waals surface area contributed by atoms with Gasteiger partial charge in [0.15, 0.2) is 0 Å². The Morgan fingerprint density at radius 3 is 1.78 bits per heavy atom. The molecule has 1 aromatic heterocycles. The highest BCUT2D eigenvalue weighted by Gasteiger charge is 2.37. The fourth-order valence-corrected chi connectivity index (χ4v) is 9.43. The largest absolute Gasteiger partial charge is 0.456 e. The highest BCUT2D eigenvalue weighted by Crippen LogP contribution is 2.54. The Labute approximate surface area is 345 Å². The minimum atomic E-state index is -0.107. The molecule has 0 atom stereocenters. The summed E-state index contributed by atoms with van der Waals surface area (Å²) in [5.41, 5.74) is 19.7. The molecule has 0 aliphatic heterocycles. The van der Waals surface area contributed by atoms with E-state index >= 15 is 0 Å². The lowest BCUT2D eigenvalue weighted by Crippen LogP contribution is -2.15. The normalized spacial score (nSPS) is 12.7. The summed E-state index contributed by atoms with van der Waals surface area (Å²) in [6.45, 7) is 4.71. The van der Waals surface area contributed by atoms with Crippen LogP contribution in [-0.4, -0.2) is 0 Å². The highest BCUT2D eigenvalue weighted by molar-refractivity contribution is 6.06. The van der Waals surface area contributed by atoms with Crippen LogP contribution in [0, 0.1) is 0 Å². The molecular weight excluding hydrogens is 715 g/mol. The van der Waals surface area contributed by atoms with Crippen molar-refractivity contribution in [3.05, 3.63) is 223 Å². The molecule has 1 heterocycles. The summed E-state index contributed by atoms with van der Waals surface area (Å²) in [5.74, 6) is 0. The molecule has 0 bridgehead atoms. The first-order valence-corrected chi connectivity index (χ1v) is 20.4. The van der Waals surface area contributed by atoms with Crippen LogP contribution >= 0.6 is 0 Å². The summed E-state index contributed by atoms with van der Waals surface area (Å²) < 4.78 is 6.36. The number of hydrogen-bond acceptors (Lipinski definition) is 2. The highest BCUT2D eigenvalue weighted by atomic mass is 16.3. The van der Waals surface area contributed by atoms with Crippen LogP contribution in [0.1, 0.15) is 25.0 Å². The van der Waals surface area contributed by atoms with Gasteiger partial charge in [0, 0.05) is 33.1 Å². The van der Waals surface area contributed by atoms with Crippen molar-refractivity contribution >= 4 is 39.0 Å². The van der Waals surface area contributed by atoms with Gasteiger partial charge in [-0.2, -0.15) is 0 Å². The summed E-state index contributed by atoms with van der Waals surface area (Å²) in [6, 6.07) is 76.9. The molecule has 59 heavy (non-hydrogen) atoms. The molecule has 1 aliphatic carbocycles. The van der Waals surface area contributed by atoms with E-state index in [2.05, 4.69) is 219 Å². The molecule has 0 spiro atoms. The van der Waals surface area contributed by atoms with Gasteiger partial charge in [0.1, 0.15) is 11.2 Å². The van der Waals surface area contributed by atoms with Crippen LogP contribution < -0.4 is 4.90 Å². The molecular formula is C57H41NO. The zero-order valence-electron chi connectivity index (χ0n) is 33.1. The lowest BCUT2D eigenvalue weighted by Gasteiger charge is -2.30. The second kappa shape index (κ2) is 13.9. The molecule has 0 unspecified atom stereocenters. The second-order valence-corrected chi connectivity index (χ2v) is 16.1. The summed E-state index contributed by atoms with van der Waals surface area (Å²) in [7, 11) is 0. The smallest absolute Gasteiger partial charge is 0.136 e. The minimum Gasteiger partial charge on any atom is -0.456 e.